The Labute approximate surface area is 123 Å². The van der Waals surface area contributed by atoms with Crippen molar-refractivity contribution in [2.75, 3.05) is 21.3 Å². The lowest BCUT2D eigenvalue weighted by molar-refractivity contribution is -0.141. The van der Waals surface area contributed by atoms with Crippen LogP contribution in [0.1, 0.15) is 12.0 Å². The van der Waals surface area contributed by atoms with E-state index in [1.54, 1.807) is 27.4 Å². The molecule has 5 heteroatoms. The summed E-state index contributed by atoms with van der Waals surface area (Å²) in [4.78, 5) is 11.2. The van der Waals surface area contributed by atoms with E-state index in [9.17, 15) is 4.79 Å². The molecule has 0 aromatic heterocycles. The third-order valence-corrected chi connectivity index (χ3v) is 3.08. The maximum absolute atomic E-state index is 11.2. The number of carbonyl (C=O) groups is 1. The second-order valence-electron chi connectivity index (χ2n) is 4.43. The summed E-state index contributed by atoms with van der Waals surface area (Å²) in [7, 11) is 4.70. The smallest absolute Gasteiger partial charge is 0.331 e. The lowest BCUT2D eigenvalue weighted by Crippen LogP contribution is -2.17. The third kappa shape index (κ3) is 3.56. The zero-order chi connectivity index (χ0) is 15.2. The summed E-state index contributed by atoms with van der Waals surface area (Å²) in [5, 5.41) is 0. The lowest BCUT2D eigenvalue weighted by atomic mass is 10.1. The largest absolute Gasteiger partial charge is 0.493 e. The summed E-state index contributed by atoms with van der Waals surface area (Å²) in [5.41, 5.74) is 0.870. The molecule has 0 fully saturated rings. The van der Waals surface area contributed by atoms with Gasteiger partial charge in [0.1, 0.15) is 6.10 Å². The van der Waals surface area contributed by atoms with E-state index in [2.05, 4.69) is 0 Å². The highest BCUT2D eigenvalue weighted by Crippen LogP contribution is 2.38. The number of hydrogen-bond acceptors (Lipinski definition) is 5. The van der Waals surface area contributed by atoms with E-state index in [1.165, 1.54) is 6.08 Å². The van der Waals surface area contributed by atoms with Gasteiger partial charge in [0.2, 0.25) is 5.75 Å². The number of ether oxygens (including phenoxy) is 4. The molecule has 0 bridgehead atoms. The van der Waals surface area contributed by atoms with Crippen LogP contribution in [0.2, 0.25) is 0 Å². The fourth-order valence-electron chi connectivity index (χ4n) is 2.07. The Kier molecular flexibility index (Phi) is 4.87. The monoisotopic (exact) mass is 290 g/mol. The van der Waals surface area contributed by atoms with Gasteiger partial charge in [-0.05, 0) is 23.8 Å². The molecule has 1 aromatic rings. The molecule has 0 N–H and O–H groups in total. The Hall–Kier alpha value is -2.43. The fraction of sp³-hybridized carbons (Fsp3) is 0.312. The first-order valence-corrected chi connectivity index (χ1v) is 6.53. The van der Waals surface area contributed by atoms with Crippen LogP contribution in [0.25, 0.3) is 6.08 Å². The van der Waals surface area contributed by atoms with Crippen LogP contribution < -0.4 is 14.2 Å². The van der Waals surface area contributed by atoms with Crippen molar-refractivity contribution in [2.45, 2.75) is 12.5 Å². The Bertz CT molecular complexity index is 549. The first kappa shape index (κ1) is 15.0. The fourth-order valence-corrected chi connectivity index (χ4v) is 2.07. The molecule has 21 heavy (non-hydrogen) atoms. The molecule has 1 unspecified atom stereocenters. The van der Waals surface area contributed by atoms with Gasteiger partial charge in [-0.1, -0.05) is 12.2 Å². The second-order valence-corrected chi connectivity index (χ2v) is 4.43. The standard InChI is InChI=1S/C16H18O5/c1-18-13-9-11(10-14(19-2)16(13)20-3)7-8-12-5-4-6-15(17)21-12/h4,6-10,12H,5H2,1-3H3/b8-7+. The van der Waals surface area contributed by atoms with Gasteiger partial charge in [0.25, 0.3) is 0 Å². The van der Waals surface area contributed by atoms with Gasteiger partial charge in [-0.25, -0.2) is 4.79 Å². The SMILES string of the molecule is COc1cc(/C=C/C2CC=CC(=O)O2)cc(OC)c1OC. The third-order valence-electron chi connectivity index (χ3n) is 3.08. The van der Waals surface area contributed by atoms with Gasteiger partial charge in [-0.3, -0.25) is 0 Å². The maximum atomic E-state index is 11.2. The summed E-state index contributed by atoms with van der Waals surface area (Å²) in [5.74, 6) is 1.39. The van der Waals surface area contributed by atoms with Gasteiger partial charge in [0, 0.05) is 12.5 Å². The molecule has 0 saturated heterocycles. The van der Waals surface area contributed by atoms with Crippen LogP contribution >= 0.6 is 0 Å². The van der Waals surface area contributed by atoms with Crippen LogP contribution in [-0.4, -0.2) is 33.4 Å². The number of carbonyl (C=O) groups excluding carboxylic acids is 1. The van der Waals surface area contributed by atoms with Crippen molar-refractivity contribution >= 4 is 12.0 Å². The molecule has 0 spiro atoms. The number of benzene rings is 1. The first-order valence-electron chi connectivity index (χ1n) is 6.53. The minimum Gasteiger partial charge on any atom is -0.493 e. The molecule has 5 nitrogen and oxygen atoms in total. The van der Waals surface area contributed by atoms with E-state index in [0.29, 0.717) is 23.7 Å². The second kappa shape index (κ2) is 6.83. The Morgan fingerprint density at radius 2 is 1.81 bits per heavy atom. The molecule has 0 amide bonds. The van der Waals surface area contributed by atoms with Gasteiger partial charge in [0.15, 0.2) is 11.5 Å². The highest BCUT2D eigenvalue weighted by molar-refractivity contribution is 5.83. The van der Waals surface area contributed by atoms with Crippen molar-refractivity contribution in [2.24, 2.45) is 0 Å². The zero-order valence-corrected chi connectivity index (χ0v) is 12.3. The molecule has 112 valence electrons. The summed E-state index contributed by atoms with van der Waals surface area (Å²) in [6.45, 7) is 0. The molecule has 0 saturated carbocycles. The van der Waals surface area contributed by atoms with E-state index in [4.69, 9.17) is 18.9 Å². The van der Waals surface area contributed by atoms with Crippen LogP contribution in [-0.2, 0) is 9.53 Å². The minimum atomic E-state index is -0.319. The summed E-state index contributed by atoms with van der Waals surface area (Å²) < 4.78 is 21.0. The predicted octanol–water partition coefficient (Wildman–Crippen LogP) is 2.60. The van der Waals surface area contributed by atoms with Gasteiger partial charge in [0.05, 0.1) is 21.3 Å². The van der Waals surface area contributed by atoms with Crippen molar-refractivity contribution in [1.29, 1.82) is 0 Å². The van der Waals surface area contributed by atoms with Crippen LogP contribution in [0.5, 0.6) is 17.2 Å². The molecular formula is C16H18O5. The van der Waals surface area contributed by atoms with Crippen molar-refractivity contribution in [1.82, 2.24) is 0 Å². The highest BCUT2D eigenvalue weighted by Gasteiger charge is 2.14. The highest BCUT2D eigenvalue weighted by atomic mass is 16.5. The molecule has 0 aliphatic carbocycles. The molecule has 2 rings (SSSR count). The predicted molar refractivity (Wildman–Crippen MR) is 78.8 cm³/mol. The zero-order valence-electron chi connectivity index (χ0n) is 12.3. The Morgan fingerprint density at radius 1 is 1.14 bits per heavy atom. The molecule has 1 aliphatic rings. The summed E-state index contributed by atoms with van der Waals surface area (Å²) in [6, 6.07) is 3.66. The van der Waals surface area contributed by atoms with Crippen LogP contribution in [0.15, 0.2) is 30.4 Å². The van der Waals surface area contributed by atoms with Gasteiger partial charge in [-0.15, -0.1) is 0 Å². The maximum Gasteiger partial charge on any atom is 0.331 e. The van der Waals surface area contributed by atoms with Crippen LogP contribution in [0.4, 0.5) is 0 Å². The van der Waals surface area contributed by atoms with Gasteiger partial charge >= 0.3 is 5.97 Å². The normalized spacial score (nSPS) is 17.7. The first-order chi connectivity index (χ1) is 10.2. The number of esters is 1. The van der Waals surface area contributed by atoms with Gasteiger partial charge in [-0.2, -0.15) is 0 Å². The summed E-state index contributed by atoms with van der Waals surface area (Å²) in [6.07, 6.45) is 7.36. The topological polar surface area (TPSA) is 54.0 Å². The molecule has 1 aromatic carbocycles. The number of cyclic esters (lactones) is 1. The van der Waals surface area contributed by atoms with Crippen LogP contribution in [0.3, 0.4) is 0 Å². The lowest BCUT2D eigenvalue weighted by Gasteiger charge is -2.15. The number of rotatable bonds is 5. The van der Waals surface area contributed by atoms with E-state index in [1.807, 2.05) is 24.3 Å². The van der Waals surface area contributed by atoms with E-state index >= 15 is 0 Å². The van der Waals surface area contributed by atoms with Gasteiger partial charge < -0.3 is 18.9 Å². The number of hydrogen-bond donors (Lipinski definition) is 0. The molecule has 1 aliphatic heterocycles. The molecular weight excluding hydrogens is 272 g/mol. The van der Waals surface area contributed by atoms with Crippen LogP contribution in [0, 0.1) is 0 Å². The molecule has 0 radical (unpaired) electrons. The van der Waals surface area contributed by atoms with Crippen molar-refractivity contribution in [3.63, 3.8) is 0 Å². The van der Waals surface area contributed by atoms with Crippen molar-refractivity contribution in [3.8, 4) is 17.2 Å². The van der Waals surface area contributed by atoms with E-state index in [-0.39, 0.29) is 12.1 Å². The van der Waals surface area contributed by atoms with E-state index < -0.39 is 0 Å². The average molecular weight is 290 g/mol. The molecule has 1 heterocycles. The Morgan fingerprint density at radius 3 is 2.33 bits per heavy atom. The quantitative estimate of drug-likeness (QED) is 0.780. The Balaban J connectivity index is 2.23. The summed E-state index contributed by atoms with van der Waals surface area (Å²) >= 11 is 0. The van der Waals surface area contributed by atoms with Crippen molar-refractivity contribution in [3.05, 3.63) is 35.9 Å². The minimum absolute atomic E-state index is 0.249. The average Bonchev–Trinajstić information content (AvgIpc) is 2.51. The van der Waals surface area contributed by atoms with Crippen molar-refractivity contribution < 1.29 is 23.7 Å². The van der Waals surface area contributed by atoms with E-state index in [0.717, 1.165) is 5.56 Å². The number of methoxy groups -OCH3 is 3. The molecule has 1 atom stereocenters.